The molecule has 486 valence electrons. The minimum Gasteiger partial charge on any atom is -0.462 e. The van der Waals surface area contributed by atoms with Crippen molar-refractivity contribution < 1.29 is 80.2 Å². The molecule has 3 N–H and O–H groups in total. The number of aliphatic hydroxyl groups is 1. The quantitative estimate of drug-likeness (QED) is 0.0222. The van der Waals surface area contributed by atoms with Crippen molar-refractivity contribution in [2.45, 2.75) is 330 Å². The molecule has 0 bridgehead atoms. The molecule has 0 heterocycles. The Kier molecular flexibility index (Phi) is 54.3. The van der Waals surface area contributed by atoms with Crippen LogP contribution in [0.2, 0.25) is 0 Å². The zero-order valence-corrected chi connectivity index (χ0v) is 54.6. The Morgan fingerprint density at radius 1 is 0.329 bits per heavy atom. The molecule has 0 saturated heterocycles. The maximum absolute atomic E-state index is 13.0. The average Bonchev–Trinajstić information content (AvgIpc) is 3.45. The van der Waals surface area contributed by atoms with Crippen LogP contribution in [0.3, 0.4) is 0 Å². The van der Waals surface area contributed by atoms with Crippen molar-refractivity contribution in [3.63, 3.8) is 0 Å². The smallest absolute Gasteiger partial charge is 0.462 e. The van der Waals surface area contributed by atoms with Gasteiger partial charge in [0, 0.05) is 25.7 Å². The number of rotatable bonds is 62. The predicted molar refractivity (Wildman–Crippen MR) is 326 cm³/mol. The highest BCUT2D eigenvalue weighted by Crippen LogP contribution is 2.45. The highest BCUT2D eigenvalue weighted by atomic mass is 31.2. The van der Waals surface area contributed by atoms with E-state index >= 15 is 0 Å². The summed E-state index contributed by atoms with van der Waals surface area (Å²) in [4.78, 5) is 72.0. The maximum atomic E-state index is 13.0. The van der Waals surface area contributed by atoms with Crippen LogP contribution >= 0.6 is 15.6 Å². The number of aliphatic hydroxyl groups excluding tert-OH is 1. The summed E-state index contributed by atoms with van der Waals surface area (Å²) in [6.45, 7) is 9.35. The lowest BCUT2D eigenvalue weighted by atomic mass is 10.0. The van der Waals surface area contributed by atoms with Gasteiger partial charge < -0.3 is 33.8 Å². The highest BCUT2D eigenvalue weighted by molar-refractivity contribution is 7.47. The molecule has 0 aliphatic carbocycles. The number of hydrogen-bond donors (Lipinski definition) is 3. The molecular weight excluding hydrogens is 1090 g/mol. The number of carbonyl (C=O) groups excluding carboxylic acids is 4. The third-order valence-corrected chi connectivity index (χ3v) is 16.4. The molecule has 0 aromatic heterocycles. The molecule has 0 radical (unpaired) electrons. The first kappa shape index (κ1) is 80.1. The van der Waals surface area contributed by atoms with Gasteiger partial charge in [-0.05, 0) is 37.5 Å². The van der Waals surface area contributed by atoms with Crippen LogP contribution in [-0.2, 0) is 65.4 Å². The van der Waals surface area contributed by atoms with E-state index in [4.69, 9.17) is 37.0 Å². The van der Waals surface area contributed by atoms with Gasteiger partial charge in [-0.1, -0.05) is 260 Å². The van der Waals surface area contributed by atoms with Crippen molar-refractivity contribution in [2.24, 2.45) is 11.8 Å². The van der Waals surface area contributed by atoms with Crippen molar-refractivity contribution >= 4 is 39.5 Å². The second-order valence-corrected chi connectivity index (χ2v) is 26.7. The zero-order valence-electron chi connectivity index (χ0n) is 52.8. The fourth-order valence-corrected chi connectivity index (χ4v) is 10.9. The number of hydrogen-bond acceptors (Lipinski definition) is 15. The Labute approximate surface area is 498 Å². The first-order chi connectivity index (χ1) is 39.4. The van der Waals surface area contributed by atoms with Crippen LogP contribution in [0.25, 0.3) is 0 Å². The Balaban J connectivity index is 5.22. The van der Waals surface area contributed by atoms with Crippen molar-refractivity contribution in [3.8, 4) is 0 Å². The number of phosphoric ester groups is 2. The number of esters is 4. The monoisotopic (exact) mass is 1210 g/mol. The molecule has 0 fully saturated rings. The summed E-state index contributed by atoms with van der Waals surface area (Å²) < 4.78 is 67.9. The van der Waals surface area contributed by atoms with Crippen molar-refractivity contribution in [2.75, 3.05) is 39.6 Å². The predicted octanol–water partition coefficient (Wildman–Crippen LogP) is 17.3. The number of ether oxygens (including phenoxy) is 4. The fourth-order valence-electron chi connectivity index (χ4n) is 9.35. The van der Waals surface area contributed by atoms with E-state index in [1.807, 2.05) is 0 Å². The summed E-state index contributed by atoms with van der Waals surface area (Å²) in [5.74, 6) is -0.718. The second-order valence-electron chi connectivity index (χ2n) is 23.7. The number of carbonyl (C=O) groups is 4. The second kappa shape index (κ2) is 55.6. The Morgan fingerprint density at radius 3 is 0.829 bits per heavy atom. The Bertz CT molecular complexity index is 1620. The van der Waals surface area contributed by atoms with Crippen LogP contribution < -0.4 is 0 Å². The standard InChI is InChI=1S/C63H122O17P2/c1-7-9-11-13-15-16-17-18-19-20-21-29-35-41-47-62(67)79-59(52-74-61(66)46-40-34-28-23-22-26-31-37-43-55(3)4)54-78-82(71,72)76-50-57(64)49-75-81(69,70)77-53-58(51-73-60(65)45-39-33-25-14-12-10-8-2)80-63(68)48-42-36-30-24-27-32-38-44-56(5)6/h55-59,64H,7-54H2,1-6H3,(H,69,70)(H,71,72)/t57-,58+,59+/m0/s1. The van der Waals surface area contributed by atoms with Crippen molar-refractivity contribution in [3.05, 3.63) is 0 Å². The molecular formula is C63H122O17P2. The maximum Gasteiger partial charge on any atom is 0.472 e. The molecule has 0 saturated carbocycles. The van der Waals surface area contributed by atoms with E-state index in [-0.39, 0.29) is 25.7 Å². The number of unbranched alkanes of at least 4 members (excludes halogenated alkanes) is 32. The van der Waals surface area contributed by atoms with E-state index in [1.165, 1.54) is 116 Å². The molecule has 82 heavy (non-hydrogen) atoms. The largest absolute Gasteiger partial charge is 0.472 e. The van der Waals surface area contributed by atoms with Crippen LogP contribution in [-0.4, -0.2) is 96.7 Å². The topological polar surface area (TPSA) is 237 Å². The van der Waals surface area contributed by atoms with Gasteiger partial charge in [-0.2, -0.15) is 0 Å². The molecule has 0 aromatic rings. The van der Waals surface area contributed by atoms with Gasteiger partial charge in [0.2, 0.25) is 0 Å². The fraction of sp³-hybridized carbons (Fsp3) is 0.937. The van der Waals surface area contributed by atoms with E-state index in [1.54, 1.807) is 0 Å². The molecule has 0 aromatic carbocycles. The van der Waals surface area contributed by atoms with E-state index in [0.29, 0.717) is 31.6 Å². The normalized spacial score (nSPS) is 14.3. The van der Waals surface area contributed by atoms with Crippen LogP contribution in [0.15, 0.2) is 0 Å². The first-order valence-electron chi connectivity index (χ1n) is 33.0. The Hall–Kier alpha value is -1.94. The number of phosphoric acid groups is 2. The van der Waals surface area contributed by atoms with Crippen LogP contribution in [0.4, 0.5) is 0 Å². The third-order valence-electron chi connectivity index (χ3n) is 14.5. The molecule has 0 rings (SSSR count). The van der Waals surface area contributed by atoms with Gasteiger partial charge in [0.15, 0.2) is 12.2 Å². The van der Waals surface area contributed by atoms with Gasteiger partial charge >= 0.3 is 39.5 Å². The molecule has 17 nitrogen and oxygen atoms in total. The summed E-state index contributed by atoms with van der Waals surface area (Å²) in [5, 5.41) is 10.5. The Morgan fingerprint density at radius 2 is 0.561 bits per heavy atom. The SMILES string of the molecule is CCCCCCCCCCCCCCCCC(=O)O[C@H](COC(=O)CCCCCCCCCCC(C)C)COP(=O)(O)OC[C@@H](O)COP(=O)(O)OC[C@@H](COC(=O)CCCCCCCCC)OC(=O)CCCCCCCCCC(C)C. The summed E-state index contributed by atoms with van der Waals surface area (Å²) in [5.41, 5.74) is 0. The first-order valence-corrected chi connectivity index (χ1v) is 36.0. The van der Waals surface area contributed by atoms with Gasteiger partial charge in [0.25, 0.3) is 0 Å². The van der Waals surface area contributed by atoms with E-state index in [0.717, 1.165) is 109 Å². The van der Waals surface area contributed by atoms with Gasteiger partial charge in [0.05, 0.1) is 26.4 Å². The lowest BCUT2D eigenvalue weighted by Gasteiger charge is -2.21. The lowest BCUT2D eigenvalue weighted by Crippen LogP contribution is -2.30. The van der Waals surface area contributed by atoms with Crippen LogP contribution in [0.5, 0.6) is 0 Å². The van der Waals surface area contributed by atoms with E-state index < -0.39 is 97.5 Å². The van der Waals surface area contributed by atoms with Gasteiger partial charge in [-0.3, -0.25) is 37.3 Å². The minimum atomic E-state index is -4.94. The summed E-state index contributed by atoms with van der Waals surface area (Å²) in [6.07, 6.45) is 37.8. The van der Waals surface area contributed by atoms with Gasteiger partial charge in [-0.15, -0.1) is 0 Å². The molecule has 0 aliphatic heterocycles. The molecule has 0 aliphatic rings. The van der Waals surface area contributed by atoms with Crippen LogP contribution in [0, 0.1) is 11.8 Å². The highest BCUT2D eigenvalue weighted by Gasteiger charge is 2.30. The lowest BCUT2D eigenvalue weighted by molar-refractivity contribution is -0.161. The van der Waals surface area contributed by atoms with Crippen LogP contribution in [0.1, 0.15) is 311 Å². The van der Waals surface area contributed by atoms with E-state index in [2.05, 4.69) is 41.5 Å². The summed E-state index contributed by atoms with van der Waals surface area (Å²) in [7, 11) is -9.88. The van der Waals surface area contributed by atoms with Gasteiger partial charge in [-0.25, -0.2) is 9.13 Å². The molecule has 19 heteroatoms. The minimum absolute atomic E-state index is 0.103. The van der Waals surface area contributed by atoms with E-state index in [9.17, 15) is 43.2 Å². The zero-order chi connectivity index (χ0) is 60.8. The van der Waals surface area contributed by atoms with Gasteiger partial charge in [0.1, 0.15) is 19.3 Å². The van der Waals surface area contributed by atoms with Crippen molar-refractivity contribution in [1.82, 2.24) is 0 Å². The summed E-state index contributed by atoms with van der Waals surface area (Å²) >= 11 is 0. The molecule has 5 atom stereocenters. The summed E-state index contributed by atoms with van der Waals surface area (Å²) in [6, 6.07) is 0. The third kappa shape index (κ3) is 57.2. The van der Waals surface area contributed by atoms with Crippen molar-refractivity contribution in [1.29, 1.82) is 0 Å². The molecule has 2 unspecified atom stereocenters. The molecule has 0 amide bonds. The average molecular weight is 1210 g/mol. The molecule has 0 spiro atoms.